The highest BCUT2D eigenvalue weighted by molar-refractivity contribution is 6.05. The van der Waals surface area contributed by atoms with Crippen LogP contribution in [0.15, 0.2) is 79.1 Å². The molecule has 0 saturated carbocycles. The lowest BCUT2D eigenvalue weighted by atomic mass is 9.88. The number of piperidine rings is 4. The van der Waals surface area contributed by atoms with E-state index in [1.807, 2.05) is 60.7 Å². The van der Waals surface area contributed by atoms with Gasteiger partial charge in [-0.3, -0.25) is 19.7 Å². The van der Waals surface area contributed by atoms with Crippen LogP contribution in [0, 0.1) is 5.92 Å². The largest absolute Gasteiger partial charge is 0.457 e. The molecular formula is C48H56N10O4. The van der Waals surface area contributed by atoms with E-state index in [1.54, 1.807) is 11.2 Å². The summed E-state index contributed by atoms with van der Waals surface area (Å²) >= 11 is 0. The molecule has 5 aromatic rings. The number of ether oxygens (including phenoxy) is 1. The molecule has 4 fully saturated rings. The molecule has 5 aliphatic heterocycles. The third kappa shape index (κ3) is 8.43. The van der Waals surface area contributed by atoms with Crippen LogP contribution in [0.4, 0.5) is 5.82 Å². The first-order valence-electron chi connectivity index (χ1n) is 22.6. The molecule has 0 aliphatic carbocycles. The van der Waals surface area contributed by atoms with Gasteiger partial charge in [0.1, 0.15) is 35.4 Å². The first-order chi connectivity index (χ1) is 30.3. The number of hydrogen-bond acceptors (Lipinski definition) is 11. The number of likely N-dealkylation sites (tertiary alicyclic amines) is 3. The molecule has 322 valence electrons. The molecule has 0 spiro atoms. The Labute approximate surface area is 362 Å². The third-order valence-corrected chi connectivity index (χ3v) is 14.0. The van der Waals surface area contributed by atoms with Gasteiger partial charge in [0.2, 0.25) is 11.8 Å². The minimum absolute atomic E-state index is 0.106. The van der Waals surface area contributed by atoms with Crippen LogP contribution in [0.1, 0.15) is 84.8 Å². The lowest BCUT2D eigenvalue weighted by Gasteiger charge is -2.39. The molecule has 2 unspecified atom stereocenters. The second-order valence-corrected chi connectivity index (χ2v) is 18.0. The molecule has 0 radical (unpaired) electrons. The Kier molecular flexibility index (Phi) is 11.5. The van der Waals surface area contributed by atoms with Crippen LogP contribution in [-0.4, -0.2) is 122 Å². The Balaban J connectivity index is 0.686. The van der Waals surface area contributed by atoms with Gasteiger partial charge in [-0.1, -0.05) is 30.3 Å². The zero-order chi connectivity index (χ0) is 42.2. The monoisotopic (exact) mass is 836 g/mol. The fraction of sp³-hybridized carbons (Fsp3) is 0.458. The van der Waals surface area contributed by atoms with Gasteiger partial charge in [-0.15, -0.1) is 0 Å². The van der Waals surface area contributed by atoms with Crippen molar-refractivity contribution in [1.29, 1.82) is 0 Å². The SMILES string of the molecule is Nc1ncnc2c1c(-c1ccc(Oc3ccccc3)cc1)nn2C1CCCN(CC2CCN(CCN3CCC(c4ccc5c(c4)CN(C4CCC(=O)NC4=O)C5=O)CC3)CC2)C1. The summed E-state index contributed by atoms with van der Waals surface area (Å²) in [5.41, 5.74) is 12.0. The van der Waals surface area contributed by atoms with Crippen molar-refractivity contribution < 1.29 is 19.1 Å². The van der Waals surface area contributed by atoms with E-state index in [4.69, 9.17) is 20.6 Å². The molecule has 62 heavy (non-hydrogen) atoms. The third-order valence-electron chi connectivity index (χ3n) is 14.0. The number of nitrogens with two attached hydrogens (primary N) is 1. The number of benzene rings is 3. The molecule has 0 bridgehead atoms. The molecule has 3 amide bonds. The average molecular weight is 837 g/mol. The lowest BCUT2D eigenvalue weighted by Crippen LogP contribution is -2.52. The van der Waals surface area contributed by atoms with Gasteiger partial charge < -0.3 is 30.1 Å². The molecular weight excluding hydrogens is 781 g/mol. The number of carbonyl (C=O) groups excluding carboxylic acids is 3. The van der Waals surface area contributed by atoms with Gasteiger partial charge in [-0.25, -0.2) is 14.6 Å². The Morgan fingerprint density at radius 2 is 1.52 bits per heavy atom. The average Bonchev–Trinajstić information content (AvgIpc) is 3.85. The zero-order valence-electron chi connectivity index (χ0n) is 35.3. The number of carbonyl (C=O) groups is 3. The van der Waals surface area contributed by atoms with Crippen molar-refractivity contribution in [2.75, 3.05) is 64.6 Å². The van der Waals surface area contributed by atoms with Gasteiger partial charge in [0.25, 0.3) is 5.91 Å². The molecule has 4 saturated heterocycles. The number of amides is 3. The number of anilines is 1. The van der Waals surface area contributed by atoms with Crippen LogP contribution >= 0.6 is 0 Å². The topological polar surface area (TPSA) is 155 Å². The van der Waals surface area contributed by atoms with Gasteiger partial charge in [0.05, 0.1) is 11.4 Å². The van der Waals surface area contributed by atoms with Gasteiger partial charge in [0, 0.05) is 50.3 Å². The molecule has 3 aromatic carbocycles. The highest BCUT2D eigenvalue weighted by atomic mass is 16.5. The molecule has 2 aromatic heterocycles. The van der Waals surface area contributed by atoms with E-state index >= 15 is 0 Å². The van der Waals surface area contributed by atoms with Gasteiger partial charge >= 0.3 is 0 Å². The number of hydrogen-bond donors (Lipinski definition) is 2. The van der Waals surface area contributed by atoms with E-state index in [0.717, 1.165) is 124 Å². The fourth-order valence-electron chi connectivity index (χ4n) is 10.5. The normalized spacial score (nSPS) is 22.3. The first-order valence-corrected chi connectivity index (χ1v) is 22.6. The Hall–Kier alpha value is -5.70. The number of nitrogen functional groups attached to an aromatic ring is 1. The van der Waals surface area contributed by atoms with Crippen molar-refractivity contribution in [3.63, 3.8) is 0 Å². The Bertz CT molecular complexity index is 2420. The molecule has 5 aliphatic rings. The summed E-state index contributed by atoms with van der Waals surface area (Å²) in [4.78, 5) is 56.0. The van der Waals surface area contributed by atoms with E-state index < -0.39 is 6.04 Å². The second kappa shape index (κ2) is 17.6. The maximum absolute atomic E-state index is 13.2. The van der Waals surface area contributed by atoms with Crippen molar-refractivity contribution in [3.8, 4) is 22.8 Å². The van der Waals surface area contributed by atoms with E-state index in [9.17, 15) is 14.4 Å². The van der Waals surface area contributed by atoms with E-state index in [0.29, 0.717) is 36.2 Å². The van der Waals surface area contributed by atoms with Crippen molar-refractivity contribution in [2.24, 2.45) is 5.92 Å². The fourth-order valence-corrected chi connectivity index (χ4v) is 10.5. The van der Waals surface area contributed by atoms with Gasteiger partial charge in [-0.05, 0) is 143 Å². The highest BCUT2D eigenvalue weighted by Crippen LogP contribution is 2.37. The van der Waals surface area contributed by atoms with Gasteiger partial charge in [-0.2, -0.15) is 5.10 Å². The summed E-state index contributed by atoms with van der Waals surface area (Å²) in [7, 11) is 0. The van der Waals surface area contributed by atoms with E-state index in [-0.39, 0.29) is 30.2 Å². The minimum atomic E-state index is -0.577. The smallest absolute Gasteiger partial charge is 0.255 e. The number of rotatable bonds is 11. The maximum Gasteiger partial charge on any atom is 0.255 e. The summed E-state index contributed by atoms with van der Waals surface area (Å²) in [5, 5.41) is 8.39. The Morgan fingerprint density at radius 3 is 2.27 bits per heavy atom. The van der Waals surface area contributed by atoms with Crippen molar-refractivity contribution in [3.05, 3.63) is 95.8 Å². The van der Waals surface area contributed by atoms with E-state index in [1.165, 1.54) is 18.4 Å². The summed E-state index contributed by atoms with van der Waals surface area (Å²) < 4.78 is 8.15. The zero-order valence-corrected chi connectivity index (χ0v) is 35.3. The molecule has 3 N–H and O–H groups in total. The molecule has 14 heteroatoms. The van der Waals surface area contributed by atoms with Crippen LogP contribution in [0.3, 0.4) is 0 Å². The van der Waals surface area contributed by atoms with E-state index in [2.05, 4.69) is 41.8 Å². The molecule has 14 nitrogen and oxygen atoms in total. The number of nitrogens with one attached hydrogen (secondary N) is 1. The summed E-state index contributed by atoms with van der Waals surface area (Å²) in [6, 6.07) is 23.7. The van der Waals surface area contributed by atoms with Crippen LogP contribution in [0.5, 0.6) is 11.5 Å². The number of nitrogens with zero attached hydrogens (tertiary/aromatic N) is 8. The van der Waals surface area contributed by atoms with Gasteiger partial charge in [0.15, 0.2) is 5.65 Å². The standard InChI is InChI=1S/C48H56N10O4/c49-45-43-44(34-8-11-39(12-9-34)62-38-6-2-1-3-7-38)53-58(46(43)51-31-50-45)37-5-4-20-56(30-37)28-32-16-21-54(22-17-32)25-26-55-23-18-33(19-24-55)35-10-13-40-36(27-35)29-57(48(40)61)41-14-15-42(59)52-47(41)60/h1-3,6-13,27,31-33,37,41H,4-5,14-26,28-30H2,(H2,49,50,51)(H,52,59,60). The van der Waals surface area contributed by atoms with Crippen molar-refractivity contribution in [2.45, 2.75) is 75.9 Å². The quantitative estimate of drug-likeness (QED) is 0.154. The maximum atomic E-state index is 13.2. The summed E-state index contributed by atoms with van der Waals surface area (Å²) in [5.74, 6) is 2.44. The second-order valence-electron chi connectivity index (χ2n) is 18.0. The predicted molar refractivity (Wildman–Crippen MR) is 236 cm³/mol. The Morgan fingerprint density at radius 1 is 0.774 bits per heavy atom. The number of fused-ring (bicyclic) bond motifs is 2. The van der Waals surface area contributed by atoms with Crippen LogP contribution in [0.2, 0.25) is 0 Å². The van der Waals surface area contributed by atoms with Crippen molar-refractivity contribution >= 4 is 34.6 Å². The highest BCUT2D eigenvalue weighted by Gasteiger charge is 2.39. The molecule has 10 rings (SSSR count). The molecule has 7 heterocycles. The minimum Gasteiger partial charge on any atom is -0.457 e. The van der Waals surface area contributed by atoms with Crippen LogP contribution in [-0.2, 0) is 16.1 Å². The number of aromatic nitrogens is 4. The lowest BCUT2D eigenvalue weighted by molar-refractivity contribution is -0.136. The summed E-state index contributed by atoms with van der Waals surface area (Å²) in [6.07, 6.45) is 9.05. The number of imide groups is 1. The van der Waals surface area contributed by atoms with Crippen LogP contribution in [0.25, 0.3) is 22.3 Å². The number of para-hydroxylation sites is 1. The first kappa shape index (κ1) is 40.4. The molecule has 2 atom stereocenters. The summed E-state index contributed by atoms with van der Waals surface area (Å²) in [6.45, 7) is 10.3. The van der Waals surface area contributed by atoms with Crippen molar-refractivity contribution in [1.82, 2.24) is 44.7 Å². The predicted octanol–water partition coefficient (Wildman–Crippen LogP) is 5.86. The van der Waals surface area contributed by atoms with Crippen LogP contribution < -0.4 is 15.8 Å².